The normalized spacial score (nSPS) is 13.2. The van der Waals surface area contributed by atoms with Crippen LogP contribution in [0.5, 0.6) is 0 Å². The highest BCUT2D eigenvalue weighted by atomic mass is 35.5. The quantitative estimate of drug-likeness (QED) is 0.357. The highest BCUT2D eigenvalue weighted by Gasteiger charge is 2.27. The zero-order valence-corrected chi connectivity index (χ0v) is 20.8. The van der Waals surface area contributed by atoms with Crippen LogP contribution in [0.15, 0.2) is 41.3 Å². The monoisotopic (exact) mass is 508 g/mol. The van der Waals surface area contributed by atoms with Gasteiger partial charge in [-0.3, -0.25) is 4.79 Å². The van der Waals surface area contributed by atoms with E-state index in [1.54, 1.807) is 30.3 Å². The van der Waals surface area contributed by atoms with Crippen LogP contribution >= 0.6 is 34.3 Å². The third kappa shape index (κ3) is 5.10. The van der Waals surface area contributed by atoms with Gasteiger partial charge in [0.05, 0.1) is 30.3 Å². The van der Waals surface area contributed by atoms with Crippen molar-refractivity contribution < 1.29 is 13.2 Å². The van der Waals surface area contributed by atoms with Gasteiger partial charge in [-0.2, -0.15) is 4.72 Å². The minimum absolute atomic E-state index is 0.0919. The van der Waals surface area contributed by atoms with Crippen molar-refractivity contribution in [2.75, 3.05) is 5.32 Å². The van der Waals surface area contributed by atoms with E-state index in [1.165, 1.54) is 28.7 Å². The lowest BCUT2D eigenvalue weighted by molar-refractivity contribution is -0.118. The number of nitrogens with zero attached hydrogens (tertiary/aromatic N) is 2. The number of rotatable bonds is 7. The van der Waals surface area contributed by atoms with Crippen molar-refractivity contribution in [2.45, 2.75) is 38.1 Å². The maximum Gasteiger partial charge on any atom is 0.244 e. The number of thiazole rings is 2. The van der Waals surface area contributed by atoms with E-state index in [2.05, 4.69) is 20.0 Å². The van der Waals surface area contributed by atoms with Crippen LogP contribution in [0, 0.1) is 12.8 Å². The highest BCUT2D eigenvalue weighted by molar-refractivity contribution is 7.89. The Hall–Kier alpha value is -2.11. The van der Waals surface area contributed by atoms with Gasteiger partial charge in [-0.15, -0.1) is 11.3 Å². The molecular formula is C21H21ClN4O3S3. The van der Waals surface area contributed by atoms with E-state index < -0.39 is 22.0 Å². The first-order valence-electron chi connectivity index (χ1n) is 9.87. The maximum absolute atomic E-state index is 13.1. The van der Waals surface area contributed by atoms with Gasteiger partial charge in [0.2, 0.25) is 15.9 Å². The summed E-state index contributed by atoms with van der Waals surface area (Å²) in [6.45, 7) is 5.73. The summed E-state index contributed by atoms with van der Waals surface area (Å²) in [5.41, 5.74) is 1.46. The molecular weight excluding hydrogens is 488 g/mol. The Morgan fingerprint density at radius 3 is 2.50 bits per heavy atom. The lowest BCUT2D eigenvalue weighted by Crippen LogP contribution is -2.44. The molecule has 0 spiro atoms. The molecule has 4 aromatic rings. The van der Waals surface area contributed by atoms with Crippen LogP contribution in [0.2, 0.25) is 5.02 Å². The van der Waals surface area contributed by atoms with Gasteiger partial charge in [-0.1, -0.05) is 36.8 Å². The maximum atomic E-state index is 13.1. The van der Waals surface area contributed by atoms with Crippen molar-refractivity contribution in [1.29, 1.82) is 0 Å². The Morgan fingerprint density at radius 2 is 1.75 bits per heavy atom. The van der Waals surface area contributed by atoms with E-state index in [0.717, 1.165) is 19.9 Å². The van der Waals surface area contributed by atoms with Crippen LogP contribution in [0.25, 0.3) is 20.4 Å². The molecule has 2 N–H and O–H groups in total. The molecule has 4 rings (SSSR count). The van der Waals surface area contributed by atoms with Crippen molar-refractivity contribution in [3.05, 3.63) is 46.4 Å². The topological polar surface area (TPSA) is 101 Å². The summed E-state index contributed by atoms with van der Waals surface area (Å²) in [5, 5.41) is 4.58. The van der Waals surface area contributed by atoms with E-state index in [-0.39, 0.29) is 10.8 Å². The Bertz CT molecular complexity index is 1410. The predicted molar refractivity (Wildman–Crippen MR) is 131 cm³/mol. The summed E-state index contributed by atoms with van der Waals surface area (Å²) < 4.78 is 30.3. The number of anilines is 1. The van der Waals surface area contributed by atoms with Gasteiger partial charge >= 0.3 is 0 Å². The fraction of sp³-hybridized carbons (Fsp3) is 0.286. The molecule has 2 aromatic heterocycles. The largest absolute Gasteiger partial charge is 0.301 e. The average molecular weight is 509 g/mol. The number of carbonyl (C=O) groups excluding carboxylic acids is 1. The Morgan fingerprint density at radius 1 is 1.06 bits per heavy atom. The van der Waals surface area contributed by atoms with Gasteiger partial charge in [0.25, 0.3) is 0 Å². The molecule has 2 aromatic carbocycles. The highest BCUT2D eigenvalue weighted by Crippen LogP contribution is 2.29. The summed E-state index contributed by atoms with van der Waals surface area (Å²) in [6.07, 6.45) is 0.337. The third-order valence-corrected chi connectivity index (χ3v) is 8.25. The number of aromatic nitrogens is 2. The number of nitrogens with one attached hydrogen (secondary N) is 2. The molecule has 0 aliphatic carbocycles. The van der Waals surface area contributed by atoms with Crippen LogP contribution in [0.1, 0.15) is 25.3 Å². The number of halogens is 1. The lowest BCUT2D eigenvalue weighted by Gasteiger charge is -2.19. The van der Waals surface area contributed by atoms with E-state index in [9.17, 15) is 13.2 Å². The molecule has 0 radical (unpaired) electrons. The fourth-order valence-electron chi connectivity index (χ4n) is 3.27. The Kier molecular flexibility index (Phi) is 6.51. The molecule has 0 aliphatic rings. The summed E-state index contributed by atoms with van der Waals surface area (Å²) in [7, 11) is -3.92. The second kappa shape index (κ2) is 9.03. The summed E-state index contributed by atoms with van der Waals surface area (Å²) in [6, 6.07) is 9.10. The molecule has 11 heteroatoms. The van der Waals surface area contributed by atoms with Crippen LogP contribution < -0.4 is 10.0 Å². The Labute approximate surface area is 198 Å². The predicted octanol–water partition coefficient (Wildman–Crippen LogP) is 5.20. The van der Waals surface area contributed by atoms with Crippen molar-refractivity contribution in [2.24, 2.45) is 5.92 Å². The average Bonchev–Trinajstić information content (AvgIpc) is 3.27. The van der Waals surface area contributed by atoms with Gasteiger partial charge in [0.15, 0.2) is 5.13 Å². The fourth-order valence-corrected chi connectivity index (χ4v) is 6.59. The summed E-state index contributed by atoms with van der Waals surface area (Å²) in [4.78, 5) is 21.9. The summed E-state index contributed by atoms with van der Waals surface area (Å²) in [5.74, 6) is -0.364. The van der Waals surface area contributed by atoms with E-state index in [4.69, 9.17) is 11.6 Å². The summed E-state index contributed by atoms with van der Waals surface area (Å²) >= 11 is 8.73. The molecule has 0 saturated heterocycles. The molecule has 1 amide bonds. The first-order chi connectivity index (χ1) is 15.1. The van der Waals surface area contributed by atoms with E-state index in [0.29, 0.717) is 22.1 Å². The van der Waals surface area contributed by atoms with Crippen molar-refractivity contribution in [1.82, 2.24) is 14.7 Å². The molecule has 0 aliphatic heterocycles. The van der Waals surface area contributed by atoms with Crippen LogP contribution in [0.4, 0.5) is 5.13 Å². The van der Waals surface area contributed by atoms with Crippen LogP contribution in [0.3, 0.4) is 0 Å². The number of fused-ring (bicyclic) bond motifs is 2. The van der Waals surface area contributed by atoms with E-state index >= 15 is 0 Å². The minimum atomic E-state index is -3.92. The van der Waals surface area contributed by atoms with Gasteiger partial charge in [-0.25, -0.2) is 18.4 Å². The van der Waals surface area contributed by atoms with Crippen LogP contribution in [-0.2, 0) is 14.8 Å². The van der Waals surface area contributed by atoms with Gasteiger partial charge in [0.1, 0.15) is 6.04 Å². The standard InChI is InChI=1S/C21H21ClN4O3S3/c1-11(2)8-17(20(27)25-21-24-16-6-4-13(22)9-18(16)31-21)26-32(28,29)14-5-7-15-19(10-14)30-12(3)23-15/h4-7,9-11,17,26H,8H2,1-3H3,(H,24,25,27)/t17-/m0/s1. The number of aryl methyl sites for hydroxylation is 1. The minimum Gasteiger partial charge on any atom is -0.301 e. The van der Waals surface area contributed by atoms with Gasteiger partial charge in [0, 0.05) is 5.02 Å². The number of hydrogen-bond donors (Lipinski definition) is 2. The second-order valence-electron chi connectivity index (χ2n) is 7.79. The van der Waals surface area contributed by atoms with E-state index in [1.807, 2.05) is 20.8 Å². The SMILES string of the molecule is Cc1nc2ccc(S(=O)(=O)N[C@@H](CC(C)C)C(=O)Nc3nc4ccc(Cl)cc4s3)cc2s1. The molecule has 0 fully saturated rings. The number of amides is 1. The smallest absolute Gasteiger partial charge is 0.244 e. The molecule has 0 unspecified atom stereocenters. The number of hydrogen-bond acceptors (Lipinski definition) is 7. The van der Waals surface area contributed by atoms with Crippen molar-refractivity contribution >= 4 is 75.8 Å². The Balaban J connectivity index is 1.57. The first kappa shape index (κ1) is 23.1. The number of sulfonamides is 1. The molecule has 0 saturated carbocycles. The van der Waals surface area contributed by atoms with Crippen LogP contribution in [-0.4, -0.2) is 30.3 Å². The van der Waals surface area contributed by atoms with Crippen molar-refractivity contribution in [3.63, 3.8) is 0 Å². The third-order valence-electron chi connectivity index (χ3n) is 4.68. The van der Waals surface area contributed by atoms with Crippen molar-refractivity contribution in [3.8, 4) is 0 Å². The van der Waals surface area contributed by atoms with Gasteiger partial charge in [-0.05, 0) is 55.7 Å². The lowest BCUT2D eigenvalue weighted by atomic mass is 10.0. The zero-order chi connectivity index (χ0) is 23.0. The molecule has 7 nitrogen and oxygen atoms in total. The number of carbonyl (C=O) groups is 1. The number of benzene rings is 2. The molecule has 1 atom stereocenters. The molecule has 2 heterocycles. The second-order valence-corrected chi connectivity index (χ2v) is 12.2. The molecule has 32 heavy (non-hydrogen) atoms. The zero-order valence-electron chi connectivity index (χ0n) is 17.5. The molecule has 168 valence electrons. The first-order valence-corrected chi connectivity index (χ1v) is 13.4. The molecule has 0 bridgehead atoms. The van der Waals surface area contributed by atoms with Gasteiger partial charge < -0.3 is 5.32 Å².